The molecular weight excluding hydrogens is 334 g/mol. The number of nitrogens with zero attached hydrogens (tertiary/aromatic N) is 5. The third-order valence-electron chi connectivity index (χ3n) is 4.18. The number of nitrogens with one attached hydrogen (secondary N) is 2. The predicted molar refractivity (Wildman–Crippen MR) is 92.7 cm³/mol. The van der Waals surface area contributed by atoms with Crippen LogP contribution in [0.15, 0.2) is 36.8 Å². The first kappa shape index (κ1) is 16.0. The van der Waals surface area contributed by atoms with Crippen LogP contribution in [0.4, 0.5) is 5.82 Å². The SMILES string of the molecule is N#CN1CCOC(C(=O)Nc2cc(-c3cccc4[nH]ncc34)ncn2)C1. The van der Waals surface area contributed by atoms with Gasteiger partial charge in [-0.15, -0.1) is 0 Å². The van der Waals surface area contributed by atoms with Gasteiger partial charge in [-0.3, -0.25) is 9.89 Å². The molecule has 26 heavy (non-hydrogen) atoms. The first-order valence-electron chi connectivity index (χ1n) is 8.06. The molecule has 2 aromatic heterocycles. The Labute approximate surface area is 148 Å². The third kappa shape index (κ3) is 3.05. The summed E-state index contributed by atoms with van der Waals surface area (Å²) < 4.78 is 5.45. The van der Waals surface area contributed by atoms with Crippen molar-refractivity contribution in [3.63, 3.8) is 0 Å². The number of aromatic amines is 1. The lowest BCUT2D eigenvalue weighted by Gasteiger charge is -2.28. The number of ether oxygens (including phenoxy) is 1. The molecule has 1 amide bonds. The molecule has 2 N–H and O–H groups in total. The molecule has 3 heterocycles. The highest BCUT2D eigenvalue weighted by Gasteiger charge is 2.26. The molecule has 1 unspecified atom stereocenters. The number of fused-ring (bicyclic) bond motifs is 1. The monoisotopic (exact) mass is 349 g/mol. The zero-order valence-electron chi connectivity index (χ0n) is 13.7. The van der Waals surface area contributed by atoms with Gasteiger partial charge >= 0.3 is 0 Å². The lowest BCUT2D eigenvalue weighted by Crippen LogP contribution is -2.46. The highest BCUT2D eigenvalue weighted by Crippen LogP contribution is 2.26. The Morgan fingerprint density at radius 2 is 2.35 bits per heavy atom. The predicted octanol–water partition coefficient (Wildman–Crippen LogP) is 1.14. The summed E-state index contributed by atoms with van der Waals surface area (Å²) in [6, 6.07) is 7.46. The number of anilines is 1. The van der Waals surface area contributed by atoms with Gasteiger partial charge in [-0.05, 0) is 6.07 Å². The van der Waals surface area contributed by atoms with Gasteiger partial charge in [-0.25, -0.2) is 9.97 Å². The minimum absolute atomic E-state index is 0.231. The maximum absolute atomic E-state index is 12.4. The maximum Gasteiger partial charge on any atom is 0.256 e. The Kier molecular flexibility index (Phi) is 4.17. The number of rotatable bonds is 3. The number of carbonyl (C=O) groups is 1. The van der Waals surface area contributed by atoms with Crippen LogP contribution in [0.1, 0.15) is 0 Å². The van der Waals surface area contributed by atoms with Gasteiger partial charge in [-0.2, -0.15) is 10.4 Å². The Hall–Kier alpha value is -3.51. The Morgan fingerprint density at radius 3 is 3.23 bits per heavy atom. The second kappa shape index (κ2) is 6.78. The van der Waals surface area contributed by atoms with Crippen LogP contribution in [0, 0.1) is 11.5 Å². The summed E-state index contributed by atoms with van der Waals surface area (Å²) in [6.07, 6.45) is 4.46. The highest BCUT2D eigenvalue weighted by atomic mass is 16.5. The summed E-state index contributed by atoms with van der Waals surface area (Å²) in [4.78, 5) is 22.3. The summed E-state index contributed by atoms with van der Waals surface area (Å²) in [5.74, 6) is 0.0364. The van der Waals surface area contributed by atoms with Crippen molar-refractivity contribution in [2.45, 2.75) is 6.10 Å². The van der Waals surface area contributed by atoms with Gasteiger partial charge in [0.1, 0.15) is 12.1 Å². The zero-order chi connectivity index (χ0) is 17.9. The molecule has 1 aliphatic rings. The van der Waals surface area contributed by atoms with Crippen molar-refractivity contribution in [2.75, 3.05) is 25.0 Å². The Bertz CT molecular complexity index is 994. The smallest absolute Gasteiger partial charge is 0.256 e. The Balaban J connectivity index is 1.56. The van der Waals surface area contributed by atoms with Crippen LogP contribution in [0.25, 0.3) is 22.2 Å². The second-order valence-corrected chi connectivity index (χ2v) is 5.82. The van der Waals surface area contributed by atoms with Gasteiger partial charge in [0.15, 0.2) is 12.3 Å². The van der Waals surface area contributed by atoms with E-state index in [1.165, 1.54) is 11.2 Å². The topological polar surface area (TPSA) is 120 Å². The Morgan fingerprint density at radius 1 is 1.42 bits per heavy atom. The number of carbonyl (C=O) groups excluding carboxylic acids is 1. The number of hydrogen-bond acceptors (Lipinski definition) is 7. The summed E-state index contributed by atoms with van der Waals surface area (Å²) in [7, 11) is 0. The average molecular weight is 349 g/mol. The molecule has 9 heteroatoms. The van der Waals surface area contributed by atoms with Crippen LogP contribution in [-0.4, -0.2) is 56.8 Å². The van der Waals surface area contributed by atoms with Crippen molar-refractivity contribution in [2.24, 2.45) is 0 Å². The second-order valence-electron chi connectivity index (χ2n) is 5.82. The number of amides is 1. The third-order valence-corrected chi connectivity index (χ3v) is 4.18. The van der Waals surface area contributed by atoms with Crippen molar-refractivity contribution in [1.82, 2.24) is 25.1 Å². The highest BCUT2D eigenvalue weighted by molar-refractivity contribution is 5.96. The zero-order valence-corrected chi connectivity index (χ0v) is 13.7. The quantitative estimate of drug-likeness (QED) is 0.680. The van der Waals surface area contributed by atoms with Crippen LogP contribution < -0.4 is 5.32 Å². The molecule has 1 aliphatic heterocycles. The molecule has 0 bridgehead atoms. The van der Waals surface area contributed by atoms with Gasteiger partial charge < -0.3 is 15.0 Å². The number of aromatic nitrogens is 4. The van der Waals surface area contributed by atoms with E-state index in [0.29, 0.717) is 24.7 Å². The number of H-pyrrole nitrogens is 1. The van der Waals surface area contributed by atoms with Crippen LogP contribution in [0.5, 0.6) is 0 Å². The number of nitriles is 1. The molecule has 0 spiro atoms. The minimum Gasteiger partial charge on any atom is -0.365 e. The van der Waals surface area contributed by atoms with E-state index in [0.717, 1.165) is 16.5 Å². The van der Waals surface area contributed by atoms with Crippen LogP contribution in [0.3, 0.4) is 0 Å². The molecule has 4 rings (SSSR count). The van der Waals surface area contributed by atoms with E-state index in [1.807, 2.05) is 24.4 Å². The fourth-order valence-corrected chi connectivity index (χ4v) is 2.87. The molecule has 1 aromatic carbocycles. The fraction of sp³-hybridized carbons (Fsp3) is 0.235. The van der Waals surface area contributed by atoms with Gasteiger partial charge in [-0.1, -0.05) is 12.1 Å². The van der Waals surface area contributed by atoms with Gasteiger partial charge in [0.2, 0.25) is 0 Å². The van der Waals surface area contributed by atoms with Gasteiger partial charge in [0.25, 0.3) is 5.91 Å². The molecule has 0 radical (unpaired) electrons. The molecule has 1 fully saturated rings. The maximum atomic E-state index is 12.4. The van der Waals surface area contributed by atoms with Crippen molar-refractivity contribution in [3.8, 4) is 17.5 Å². The van der Waals surface area contributed by atoms with Crippen LogP contribution in [-0.2, 0) is 9.53 Å². The summed E-state index contributed by atoms with van der Waals surface area (Å²) in [6.45, 7) is 1.06. The minimum atomic E-state index is -0.709. The van der Waals surface area contributed by atoms with E-state index in [2.05, 4.69) is 25.5 Å². The van der Waals surface area contributed by atoms with Crippen molar-refractivity contribution in [1.29, 1.82) is 5.26 Å². The molecule has 3 aromatic rings. The lowest BCUT2D eigenvalue weighted by molar-refractivity contribution is -0.131. The molecule has 0 saturated carbocycles. The first-order chi connectivity index (χ1) is 12.7. The average Bonchev–Trinajstić information content (AvgIpc) is 3.17. The lowest BCUT2D eigenvalue weighted by atomic mass is 10.1. The summed E-state index contributed by atoms with van der Waals surface area (Å²) >= 11 is 0. The molecule has 130 valence electrons. The van der Waals surface area contributed by atoms with Crippen molar-refractivity contribution < 1.29 is 9.53 Å². The number of morpholine rings is 1. The molecular formula is C17H15N7O2. The normalized spacial score (nSPS) is 17.0. The van der Waals surface area contributed by atoms with E-state index >= 15 is 0 Å². The van der Waals surface area contributed by atoms with Gasteiger partial charge in [0, 0.05) is 17.0 Å². The standard InChI is InChI=1S/C17H15N7O2/c18-9-24-4-5-26-15(8-24)17(25)22-16-6-14(19-10-20-16)11-2-1-3-13-12(11)7-21-23-13/h1-3,6-7,10,15H,4-5,8H2,(H,21,23)(H,19,20,22,25). The first-order valence-corrected chi connectivity index (χ1v) is 8.06. The number of hydrogen-bond donors (Lipinski definition) is 2. The van der Waals surface area contributed by atoms with Crippen molar-refractivity contribution in [3.05, 3.63) is 36.8 Å². The van der Waals surface area contributed by atoms with Crippen molar-refractivity contribution >= 4 is 22.6 Å². The molecule has 9 nitrogen and oxygen atoms in total. The van der Waals surface area contributed by atoms with Gasteiger partial charge in [0.05, 0.1) is 37.1 Å². The van der Waals surface area contributed by atoms with E-state index in [1.54, 1.807) is 12.3 Å². The summed E-state index contributed by atoms with van der Waals surface area (Å²) in [5, 5.41) is 19.6. The van der Waals surface area contributed by atoms with E-state index in [4.69, 9.17) is 10.00 Å². The van der Waals surface area contributed by atoms with E-state index in [-0.39, 0.29) is 12.5 Å². The molecule has 1 atom stereocenters. The van der Waals surface area contributed by atoms with Crippen LogP contribution >= 0.6 is 0 Å². The largest absolute Gasteiger partial charge is 0.365 e. The van der Waals surface area contributed by atoms with Crippen LogP contribution in [0.2, 0.25) is 0 Å². The summed E-state index contributed by atoms with van der Waals surface area (Å²) in [5.41, 5.74) is 2.46. The molecule has 1 saturated heterocycles. The fourth-order valence-electron chi connectivity index (χ4n) is 2.87. The number of benzene rings is 1. The molecule has 0 aliphatic carbocycles. The van der Waals surface area contributed by atoms with E-state index in [9.17, 15) is 4.79 Å². The van der Waals surface area contributed by atoms with E-state index < -0.39 is 6.10 Å².